The molecule has 7 nitrogen and oxygen atoms in total. The molecule has 0 aromatic heterocycles. The Bertz CT molecular complexity index is 1110. The largest absolute Gasteiger partial charge is 0.352 e. The van der Waals surface area contributed by atoms with Gasteiger partial charge in [0.15, 0.2) is 0 Å². The van der Waals surface area contributed by atoms with Gasteiger partial charge in [0.1, 0.15) is 18.4 Å². The fourth-order valence-corrected chi connectivity index (χ4v) is 4.48. The molecule has 2 atom stereocenters. The smallest absolute Gasteiger partial charge is 0.244 e. The molecule has 0 radical (unpaired) electrons. The fourth-order valence-electron chi connectivity index (χ4n) is 3.13. The number of nitrogens with one attached hydrogen (secondary N) is 1. The summed E-state index contributed by atoms with van der Waals surface area (Å²) in [5.41, 5.74) is 0.696. The Morgan fingerprint density at radius 1 is 1.06 bits per heavy atom. The molecule has 2 amide bonds. The lowest BCUT2D eigenvalue weighted by molar-refractivity contribution is -0.139. The van der Waals surface area contributed by atoms with Crippen molar-refractivity contribution in [3.8, 4) is 0 Å². The van der Waals surface area contributed by atoms with Crippen molar-refractivity contribution in [3.63, 3.8) is 0 Å². The van der Waals surface area contributed by atoms with Crippen LogP contribution in [0.4, 0.5) is 10.1 Å². The molecule has 0 aliphatic heterocycles. The summed E-state index contributed by atoms with van der Waals surface area (Å²) in [6.07, 6.45) is 1.65. The van der Waals surface area contributed by atoms with Crippen molar-refractivity contribution >= 4 is 50.7 Å². The van der Waals surface area contributed by atoms with Crippen LogP contribution in [0.3, 0.4) is 0 Å². The lowest BCUT2D eigenvalue weighted by Gasteiger charge is -2.32. The van der Waals surface area contributed by atoms with Gasteiger partial charge in [-0.1, -0.05) is 42.3 Å². The van der Waals surface area contributed by atoms with Crippen molar-refractivity contribution in [1.82, 2.24) is 10.2 Å². The van der Waals surface area contributed by atoms with Crippen LogP contribution in [0, 0.1) is 5.82 Å². The molecule has 2 rings (SSSR count). The van der Waals surface area contributed by atoms with Crippen molar-refractivity contribution in [2.24, 2.45) is 0 Å². The van der Waals surface area contributed by atoms with E-state index in [0.717, 1.165) is 10.6 Å². The molecule has 0 saturated carbocycles. The van der Waals surface area contributed by atoms with Crippen LogP contribution in [0.5, 0.6) is 0 Å². The highest BCUT2D eigenvalue weighted by Gasteiger charge is 2.30. The zero-order valence-electron chi connectivity index (χ0n) is 19.4. The van der Waals surface area contributed by atoms with Gasteiger partial charge >= 0.3 is 0 Å². The molecule has 0 saturated heterocycles. The molecule has 0 aliphatic rings. The number of carbonyl (C=O) groups excluding carboxylic acids is 2. The van der Waals surface area contributed by atoms with E-state index in [1.54, 1.807) is 6.92 Å². The molecule has 0 bridgehead atoms. The topological polar surface area (TPSA) is 86.8 Å². The molecule has 1 N–H and O–H groups in total. The number of rotatable bonds is 10. The van der Waals surface area contributed by atoms with Crippen molar-refractivity contribution < 1.29 is 22.4 Å². The molecule has 11 heteroatoms. The Balaban J connectivity index is 2.41. The molecule has 2 aromatic carbocycles. The monoisotopic (exact) mass is 531 g/mol. The number of sulfonamides is 1. The minimum absolute atomic E-state index is 0.0257. The average Bonchev–Trinajstić information content (AvgIpc) is 2.74. The predicted octanol–water partition coefficient (Wildman–Crippen LogP) is 4.23. The summed E-state index contributed by atoms with van der Waals surface area (Å²) in [4.78, 5) is 27.5. The van der Waals surface area contributed by atoms with E-state index < -0.39 is 34.3 Å². The van der Waals surface area contributed by atoms with Gasteiger partial charge in [-0.3, -0.25) is 13.9 Å². The van der Waals surface area contributed by atoms with E-state index in [-0.39, 0.29) is 34.2 Å². The van der Waals surface area contributed by atoms with Crippen LogP contribution in [-0.4, -0.2) is 50.0 Å². The van der Waals surface area contributed by atoms with E-state index in [4.69, 9.17) is 23.2 Å². The number of halogens is 3. The zero-order chi connectivity index (χ0) is 25.6. The van der Waals surface area contributed by atoms with Gasteiger partial charge in [0.05, 0.1) is 11.9 Å². The van der Waals surface area contributed by atoms with Crippen molar-refractivity contribution in [1.29, 1.82) is 0 Å². The quantitative estimate of drug-likeness (QED) is 0.496. The fraction of sp³-hybridized carbons (Fsp3) is 0.391. The first-order chi connectivity index (χ1) is 15.8. The van der Waals surface area contributed by atoms with Crippen molar-refractivity contribution in [2.75, 3.05) is 17.1 Å². The van der Waals surface area contributed by atoms with Gasteiger partial charge in [-0.05, 0) is 56.2 Å². The van der Waals surface area contributed by atoms with Gasteiger partial charge in [0.25, 0.3) is 0 Å². The first kappa shape index (κ1) is 27.9. The van der Waals surface area contributed by atoms with E-state index in [0.29, 0.717) is 12.0 Å². The summed E-state index contributed by atoms with van der Waals surface area (Å²) in [5.74, 6) is -1.45. The summed E-state index contributed by atoms with van der Waals surface area (Å²) in [6, 6.07) is 8.67. The molecule has 0 unspecified atom stereocenters. The number of hydrogen-bond donors (Lipinski definition) is 1. The van der Waals surface area contributed by atoms with E-state index in [1.807, 2.05) is 13.8 Å². The van der Waals surface area contributed by atoms with E-state index >= 15 is 0 Å². The summed E-state index contributed by atoms with van der Waals surface area (Å²) in [5, 5.41) is 3.23. The Labute approximate surface area is 209 Å². The van der Waals surface area contributed by atoms with Crippen LogP contribution in [-0.2, 0) is 26.2 Å². The van der Waals surface area contributed by atoms with E-state index in [9.17, 15) is 22.4 Å². The van der Waals surface area contributed by atoms with Gasteiger partial charge in [-0.2, -0.15) is 0 Å². The van der Waals surface area contributed by atoms with Gasteiger partial charge in [-0.25, -0.2) is 12.8 Å². The molecule has 0 heterocycles. The van der Waals surface area contributed by atoms with Crippen LogP contribution >= 0.6 is 23.2 Å². The Hall–Kier alpha value is -2.36. The maximum atomic E-state index is 13.4. The number of nitrogens with zero attached hydrogens (tertiary/aromatic N) is 2. The second-order valence-electron chi connectivity index (χ2n) is 8.04. The summed E-state index contributed by atoms with van der Waals surface area (Å²) < 4.78 is 39.3. The predicted molar refractivity (Wildman–Crippen MR) is 133 cm³/mol. The molecule has 0 fully saturated rings. The molecule has 0 aliphatic carbocycles. The molecule has 186 valence electrons. The summed E-state index contributed by atoms with van der Waals surface area (Å²) in [7, 11) is -3.91. The number of benzene rings is 2. The van der Waals surface area contributed by atoms with Crippen LogP contribution in [0.2, 0.25) is 10.0 Å². The third-order valence-corrected chi connectivity index (χ3v) is 6.83. The number of amides is 2. The maximum absolute atomic E-state index is 13.4. The lowest BCUT2D eigenvalue weighted by Crippen LogP contribution is -2.52. The average molecular weight is 532 g/mol. The third kappa shape index (κ3) is 7.85. The summed E-state index contributed by atoms with van der Waals surface area (Å²) >= 11 is 12.1. The first-order valence-electron chi connectivity index (χ1n) is 10.6. The zero-order valence-corrected chi connectivity index (χ0v) is 21.7. The highest BCUT2D eigenvalue weighted by molar-refractivity contribution is 7.92. The molecular formula is C23H28Cl2FN3O4S. The van der Waals surface area contributed by atoms with E-state index in [2.05, 4.69) is 5.32 Å². The van der Waals surface area contributed by atoms with Crippen LogP contribution < -0.4 is 9.62 Å². The third-order valence-electron chi connectivity index (χ3n) is 5.25. The SMILES string of the molecule is CC[C@@H](C)NC(=O)[C@@H](C)N(Cc1ccc(F)cc1)C(=O)CN(c1cc(Cl)cc(Cl)c1)S(C)(=O)=O. The second kappa shape index (κ2) is 11.9. The highest BCUT2D eigenvalue weighted by atomic mass is 35.5. The molecule has 2 aromatic rings. The molecule has 34 heavy (non-hydrogen) atoms. The number of carbonyl (C=O) groups is 2. The van der Waals surface area contributed by atoms with Gasteiger partial charge in [0.2, 0.25) is 21.8 Å². The van der Waals surface area contributed by atoms with Crippen LogP contribution in [0.25, 0.3) is 0 Å². The second-order valence-corrected chi connectivity index (χ2v) is 10.8. The van der Waals surface area contributed by atoms with Crippen LogP contribution in [0.15, 0.2) is 42.5 Å². The lowest BCUT2D eigenvalue weighted by atomic mass is 10.1. The van der Waals surface area contributed by atoms with E-state index in [1.165, 1.54) is 47.4 Å². The Morgan fingerprint density at radius 3 is 2.12 bits per heavy atom. The number of anilines is 1. The van der Waals surface area contributed by atoms with Gasteiger partial charge < -0.3 is 10.2 Å². The minimum atomic E-state index is -3.91. The minimum Gasteiger partial charge on any atom is -0.352 e. The highest BCUT2D eigenvalue weighted by Crippen LogP contribution is 2.27. The van der Waals surface area contributed by atoms with Crippen molar-refractivity contribution in [3.05, 3.63) is 63.9 Å². The standard InChI is InChI=1S/C23H28Cl2FN3O4S/c1-5-15(2)27-23(31)16(3)28(13-17-6-8-20(26)9-7-17)22(30)14-29(34(4,32)33)21-11-18(24)10-19(25)12-21/h6-12,15-16H,5,13-14H2,1-4H3,(H,27,31)/t15-,16-/m1/s1. The summed E-state index contributed by atoms with van der Waals surface area (Å²) in [6.45, 7) is 4.70. The molecule has 0 spiro atoms. The van der Waals surface area contributed by atoms with Gasteiger partial charge in [0, 0.05) is 22.6 Å². The molecular weight excluding hydrogens is 504 g/mol. The Morgan fingerprint density at radius 2 is 1.62 bits per heavy atom. The van der Waals surface area contributed by atoms with Crippen LogP contribution in [0.1, 0.15) is 32.8 Å². The Kier molecular flexibility index (Phi) is 9.73. The normalized spacial score (nSPS) is 13.1. The van der Waals surface area contributed by atoms with Gasteiger partial charge in [-0.15, -0.1) is 0 Å². The number of hydrogen-bond acceptors (Lipinski definition) is 4. The first-order valence-corrected chi connectivity index (χ1v) is 13.2. The maximum Gasteiger partial charge on any atom is 0.244 e. The van der Waals surface area contributed by atoms with Crippen molar-refractivity contribution in [2.45, 2.75) is 45.8 Å².